The third-order valence-corrected chi connectivity index (χ3v) is 2.75. The van der Waals surface area contributed by atoms with Gasteiger partial charge in [0.1, 0.15) is 5.60 Å². The second-order valence-electron chi connectivity index (χ2n) is 3.38. The largest absolute Gasteiger partial charge is 0.396 e. The quantitative estimate of drug-likeness (QED) is 0.392. The number of hydrogen-bond acceptors (Lipinski definition) is 3. The molecule has 1 aliphatic carbocycles. The summed E-state index contributed by atoms with van der Waals surface area (Å²) >= 11 is 0. The summed E-state index contributed by atoms with van der Waals surface area (Å²) in [7, 11) is 5.63. The van der Waals surface area contributed by atoms with Crippen molar-refractivity contribution in [1.82, 2.24) is 0 Å². The lowest BCUT2D eigenvalue weighted by Gasteiger charge is -2.27. The Morgan fingerprint density at radius 3 is 2.38 bits per heavy atom. The van der Waals surface area contributed by atoms with Crippen molar-refractivity contribution < 1.29 is 15.3 Å². The molecule has 4 atom stereocenters. The van der Waals surface area contributed by atoms with Gasteiger partial charge in [0.25, 0.3) is 0 Å². The van der Waals surface area contributed by atoms with Crippen LogP contribution in [0.25, 0.3) is 0 Å². The number of hydrogen-bond donors (Lipinski definition) is 3. The van der Waals surface area contributed by atoms with Crippen LogP contribution in [-0.2, 0) is 0 Å². The molecule has 1 aliphatic rings. The smallest absolute Gasteiger partial charge is 0.108 e. The molecule has 0 aromatic carbocycles. The van der Waals surface area contributed by atoms with E-state index in [-0.39, 0.29) is 6.61 Å². The molecule has 1 fully saturated rings. The van der Waals surface area contributed by atoms with Gasteiger partial charge in [0.05, 0.1) is 20.6 Å². The zero-order valence-corrected chi connectivity index (χ0v) is 7.35. The van der Waals surface area contributed by atoms with Crippen molar-refractivity contribution >= 4 is 7.85 Å². The van der Waals surface area contributed by atoms with Crippen LogP contribution in [0.2, 0.25) is 5.82 Å². The Kier molecular flexibility index (Phi) is 2.66. The summed E-state index contributed by atoms with van der Waals surface area (Å²) in [4.78, 5) is 0. The maximum atomic E-state index is 9.84. The van der Waals surface area contributed by atoms with Crippen LogP contribution in [0.4, 0.5) is 0 Å². The first-order valence-corrected chi connectivity index (χ1v) is 4.08. The second kappa shape index (κ2) is 3.29. The van der Waals surface area contributed by atoms with Crippen LogP contribution in [0.1, 0.15) is 0 Å². The van der Waals surface area contributed by atoms with Gasteiger partial charge in [-0.3, -0.25) is 0 Å². The third-order valence-electron chi connectivity index (χ3n) is 2.75. The summed E-state index contributed by atoms with van der Waals surface area (Å²) in [6.45, 7) is 6.76. The fourth-order valence-electron chi connectivity index (χ4n) is 1.70. The van der Waals surface area contributed by atoms with E-state index in [4.69, 9.17) is 13.0 Å². The molecule has 4 heteroatoms. The van der Waals surface area contributed by atoms with E-state index >= 15 is 0 Å². The first-order valence-electron chi connectivity index (χ1n) is 4.08. The van der Waals surface area contributed by atoms with Crippen molar-refractivity contribution in [2.45, 2.75) is 17.5 Å². The second-order valence-corrected chi connectivity index (χ2v) is 3.38. The van der Waals surface area contributed by atoms with E-state index in [9.17, 15) is 10.2 Å². The van der Waals surface area contributed by atoms with E-state index in [1.807, 2.05) is 0 Å². The standard InChI is InChI=1S/C9H13BO3/c1-3-9(13)7(10)5(2)6(4-11)8(9)12/h3,6-8,11-13H,1-2,4H2/t6-,7+,8+,9-/m0/s1. The van der Waals surface area contributed by atoms with Crippen LogP contribution >= 0.6 is 0 Å². The Balaban J connectivity index is 3.04. The van der Waals surface area contributed by atoms with Gasteiger partial charge >= 0.3 is 0 Å². The van der Waals surface area contributed by atoms with Gasteiger partial charge in [-0.2, -0.15) is 0 Å². The molecule has 0 unspecified atom stereocenters. The van der Waals surface area contributed by atoms with Crippen molar-refractivity contribution in [3.05, 3.63) is 24.8 Å². The van der Waals surface area contributed by atoms with E-state index in [2.05, 4.69) is 13.2 Å². The zero-order valence-electron chi connectivity index (χ0n) is 7.35. The van der Waals surface area contributed by atoms with Crippen molar-refractivity contribution in [1.29, 1.82) is 0 Å². The molecule has 2 radical (unpaired) electrons. The molecule has 0 aromatic heterocycles. The van der Waals surface area contributed by atoms with Crippen molar-refractivity contribution in [3.63, 3.8) is 0 Å². The summed E-state index contributed by atoms with van der Waals surface area (Å²) in [5, 5.41) is 28.4. The predicted octanol–water partition coefficient (Wildman–Crippen LogP) is -0.600. The summed E-state index contributed by atoms with van der Waals surface area (Å²) in [6, 6.07) is 0. The van der Waals surface area contributed by atoms with Gasteiger partial charge in [-0.1, -0.05) is 18.2 Å². The van der Waals surface area contributed by atoms with Crippen molar-refractivity contribution in [2.24, 2.45) is 5.92 Å². The molecule has 1 saturated carbocycles. The average molecular weight is 180 g/mol. The number of rotatable bonds is 2. The van der Waals surface area contributed by atoms with E-state index < -0.39 is 23.4 Å². The molecule has 0 heterocycles. The molecule has 13 heavy (non-hydrogen) atoms. The van der Waals surface area contributed by atoms with E-state index in [1.54, 1.807) is 0 Å². The normalized spacial score (nSPS) is 45.2. The highest BCUT2D eigenvalue weighted by atomic mass is 16.3. The van der Waals surface area contributed by atoms with E-state index in [0.717, 1.165) is 0 Å². The molecular formula is C9H13BO3. The zero-order chi connectivity index (χ0) is 10.2. The third kappa shape index (κ3) is 1.26. The first kappa shape index (κ1) is 10.5. The molecule has 3 N–H and O–H groups in total. The van der Waals surface area contributed by atoms with Crippen LogP contribution in [0.15, 0.2) is 24.8 Å². The molecule has 1 rings (SSSR count). The Bertz CT molecular complexity index is 241. The minimum Gasteiger partial charge on any atom is -0.396 e. The highest BCUT2D eigenvalue weighted by molar-refractivity contribution is 6.15. The maximum absolute atomic E-state index is 9.84. The van der Waals surface area contributed by atoms with Crippen LogP contribution in [0.3, 0.4) is 0 Å². The Morgan fingerprint density at radius 2 is 2.15 bits per heavy atom. The molecular weight excluding hydrogens is 167 g/mol. The van der Waals surface area contributed by atoms with Gasteiger partial charge in [0.15, 0.2) is 0 Å². The maximum Gasteiger partial charge on any atom is 0.108 e. The minimum absolute atomic E-state index is 0.274. The van der Waals surface area contributed by atoms with Gasteiger partial charge in [-0.05, 0) is 5.82 Å². The van der Waals surface area contributed by atoms with Gasteiger partial charge in [0, 0.05) is 5.92 Å². The van der Waals surface area contributed by atoms with Crippen LogP contribution in [0.5, 0.6) is 0 Å². The summed E-state index contributed by atoms with van der Waals surface area (Å²) in [5.74, 6) is -1.34. The summed E-state index contributed by atoms with van der Waals surface area (Å²) in [6.07, 6.45) is 0.0703. The minimum atomic E-state index is -1.56. The molecule has 0 bridgehead atoms. The highest BCUT2D eigenvalue weighted by Crippen LogP contribution is 2.46. The monoisotopic (exact) mass is 180 g/mol. The molecule has 0 saturated heterocycles. The van der Waals surface area contributed by atoms with Gasteiger partial charge in [-0.15, -0.1) is 6.58 Å². The van der Waals surface area contributed by atoms with Gasteiger partial charge in [-0.25, -0.2) is 0 Å². The van der Waals surface area contributed by atoms with Crippen LogP contribution in [0, 0.1) is 5.92 Å². The Hall–Kier alpha value is -0.575. The van der Waals surface area contributed by atoms with E-state index in [1.165, 1.54) is 6.08 Å². The molecule has 3 nitrogen and oxygen atoms in total. The van der Waals surface area contributed by atoms with Crippen molar-refractivity contribution in [2.75, 3.05) is 6.61 Å². The number of aliphatic hydroxyl groups excluding tert-OH is 2. The molecule has 0 aliphatic heterocycles. The lowest BCUT2D eigenvalue weighted by molar-refractivity contribution is -0.0401. The SMILES string of the molecule is [B][C@@H]1C(=C)[C@H](CO)[C@@H](O)[C@]1(O)C=C. The fourth-order valence-corrected chi connectivity index (χ4v) is 1.70. The van der Waals surface area contributed by atoms with Crippen molar-refractivity contribution in [3.8, 4) is 0 Å². The first-order chi connectivity index (χ1) is 5.99. The van der Waals surface area contributed by atoms with Crippen LogP contribution < -0.4 is 0 Å². The van der Waals surface area contributed by atoms with Crippen LogP contribution in [-0.4, -0.2) is 41.5 Å². The van der Waals surface area contributed by atoms with E-state index in [0.29, 0.717) is 5.57 Å². The Labute approximate surface area is 78.8 Å². The van der Waals surface area contributed by atoms with Gasteiger partial charge < -0.3 is 15.3 Å². The highest BCUT2D eigenvalue weighted by Gasteiger charge is 2.51. The summed E-state index contributed by atoms with van der Waals surface area (Å²) < 4.78 is 0. The Morgan fingerprint density at radius 1 is 1.62 bits per heavy atom. The number of aliphatic hydroxyl groups is 3. The predicted molar refractivity (Wildman–Crippen MR) is 50.4 cm³/mol. The lowest BCUT2D eigenvalue weighted by atomic mass is 9.73. The average Bonchev–Trinajstić information content (AvgIpc) is 2.29. The van der Waals surface area contributed by atoms with Gasteiger partial charge in [0.2, 0.25) is 0 Å². The molecule has 0 spiro atoms. The fraction of sp³-hybridized carbons (Fsp3) is 0.556. The lowest BCUT2D eigenvalue weighted by Crippen LogP contribution is -2.41. The topological polar surface area (TPSA) is 60.7 Å². The molecule has 0 aromatic rings. The summed E-state index contributed by atoms with van der Waals surface area (Å²) in [5.41, 5.74) is -1.11. The molecule has 70 valence electrons. The molecule has 0 amide bonds.